The first-order chi connectivity index (χ1) is 14.0. The standard InChI is InChI=1S/C24H25NO4/c1-17(2)13-23(27)29-24(19-11-7-4-8-12-19)21-14-20(15-22(26)25-21)28-16-18-9-5-3-6-10-18/h3-12,14-15,17,24H,13,16H2,1-2H3,(H,25,26). The highest BCUT2D eigenvalue weighted by molar-refractivity contribution is 5.70. The second kappa shape index (κ2) is 9.73. The predicted octanol–water partition coefficient (Wildman–Crippen LogP) is 4.63. The fourth-order valence-electron chi connectivity index (χ4n) is 2.96. The van der Waals surface area contributed by atoms with Gasteiger partial charge in [0.05, 0.1) is 5.69 Å². The van der Waals surface area contributed by atoms with Gasteiger partial charge in [-0.05, 0) is 17.0 Å². The number of aromatic nitrogens is 1. The molecule has 0 aliphatic rings. The summed E-state index contributed by atoms with van der Waals surface area (Å²) in [7, 11) is 0. The number of H-pyrrole nitrogens is 1. The summed E-state index contributed by atoms with van der Waals surface area (Å²) in [6.45, 7) is 4.25. The number of pyridine rings is 1. The van der Waals surface area contributed by atoms with Crippen LogP contribution < -0.4 is 10.3 Å². The Balaban J connectivity index is 1.87. The van der Waals surface area contributed by atoms with Gasteiger partial charge in [-0.15, -0.1) is 0 Å². The van der Waals surface area contributed by atoms with Crippen LogP contribution in [0.25, 0.3) is 0 Å². The highest BCUT2D eigenvalue weighted by atomic mass is 16.5. The first-order valence-corrected chi connectivity index (χ1v) is 9.66. The third-order valence-electron chi connectivity index (χ3n) is 4.30. The molecule has 3 rings (SSSR count). The summed E-state index contributed by atoms with van der Waals surface area (Å²) >= 11 is 0. The van der Waals surface area contributed by atoms with E-state index < -0.39 is 6.10 Å². The van der Waals surface area contributed by atoms with Crippen LogP contribution in [0, 0.1) is 5.92 Å². The number of carbonyl (C=O) groups excluding carboxylic acids is 1. The molecule has 1 atom stereocenters. The van der Waals surface area contributed by atoms with Gasteiger partial charge < -0.3 is 14.5 Å². The lowest BCUT2D eigenvalue weighted by atomic mass is 10.1. The Morgan fingerprint density at radius 1 is 0.966 bits per heavy atom. The normalized spacial score (nSPS) is 11.8. The second-order valence-corrected chi connectivity index (χ2v) is 7.29. The Morgan fingerprint density at radius 3 is 2.28 bits per heavy atom. The van der Waals surface area contributed by atoms with Crippen LogP contribution in [0.3, 0.4) is 0 Å². The molecule has 29 heavy (non-hydrogen) atoms. The van der Waals surface area contributed by atoms with Gasteiger partial charge in [-0.25, -0.2) is 0 Å². The molecule has 2 aromatic carbocycles. The summed E-state index contributed by atoms with van der Waals surface area (Å²) in [5.41, 5.74) is 1.94. The van der Waals surface area contributed by atoms with Crippen LogP contribution >= 0.6 is 0 Å². The monoisotopic (exact) mass is 391 g/mol. The van der Waals surface area contributed by atoms with Crippen molar-refractivity contribution >= 4 is 5.97 Å². The number of aromatic amines is 1. The summed E-state index contributed by atoms with van der Waals surface area (Å²) < 4.78 is 11.6. The van der Waals surface area contributed by atoms with Crippen molar-refractivity contribution in [1.82, 2.24) is 4.98 Å². The minimum atomic E-state index is -0.713. The lowest BCUT2D eigenvalue weighted by Gasteiger charge is -2.20. The van der Waals surface area contributed by atoms with E-state index in [1.54, 1.807) is 6.07 Å². The quantitative estimate of drug-likeness (QED) is 0.568. The average molecular weight is 391 g/mol. The van der Waals surface area contributed by atoms with Crippen LogP contribution in [0.1, 0.15) is 43.2 Å². The Hall–Kier alpha value is -3.34. The number of esters is 1. The zero-order valence-corrected chi connectivity index (χ0v) is 16.6. The minimum Gasteiger partial charge on any atom is -0.489 e. The summed E-state index contributed by atoms with van der Waals surface area (Å²) in [6.07, 6.45) is -0.409. The van der Waals surface area contributed by atoms with Crippen LogP contribution in [0.4, 0.5) is 0 Å². The lowest BCUT2D eigenvalue weighted by molar-refractivity contribution is -0.148. The van der Waals surface area contributed by atoms with Crippen LogP contribution in [-0.4, -0.2) is 11.0 Å². The number of hydrogen-bond acceptors (Lipinski definition) is 4. The van der Waals surface area contributed by atoms with E-state index in [9.17, 15) is 9.59 Å². The van der Waals surface area contributed by atoms with Gasteiger partial charge in [-0.3, -0.25) is 9.59 Å². The number of ether oxygens (including phenoxy) is 2. The van der Waals surface area contributed by atoms with E-state index in [2.05, 4.69) is 4.98 Å². The molecule has 0 aliphatic heterocycles. The number of rotatable bonds is 8. The smallest absolute Gasteiger partial charge is 0.307 e. The topological polar surface area (TPSA) is 68.4 Å². The van der Waals surface area contributed by atoms with Crippen LogP contribution in [0.5, 0.6) is 5.75 Å². The molecule has 3 aromatic rings. The van der Waals surface area contributed by atoms with E-state index in [0.29, 0.717) is 24.5 Å². The molecule has 0 bridgehead atoms. The van der Waals surface area contributed by atoms with E-state index in [1.165, 1.54) is 6.07 Å². The second-order valence-electron chi connectivity index (χ2n) is 7.29. The fourth-order valence-corrected chi connectivity index (χ4v) is 2.96. The van der Waals surface area contributed by atoms with Gasteiger partial charge in [0.15, 0.2) is 6.10 Å². The molecular formula is C24H25NO4. The zero-order chi connectivity index (χ0) is 20.6. The summed E-state index contributed by atoms with van der Waals surface area (Å²) in [4.78, 5) is 27.4. The zero-order valence-electron chi connectivity index (χ0n) is 16.6. The molecule has 1 N–H and O–H groups in total. The minimum absolute atomic E-state index is 0.179. The Bertz CT molecular complexity index is 981. The maximum Gasteiger partial charge on any atom is 0.307 e. The van der Waals surface area contributed by atoms with Crippen molar-refractivity contribution in [3.8, 4) is 5.75 Å². The van der Waals surface area contributed by atoms with Crippen molar-refractivity contribution in [2.45, 2.75) is 33.0 Å². The predicted molar refractivity (Wildman–Crippen MR) is 112 cm³/mol. The SMILES string of the molecule is CC(C)CC(=O)OC(c1ccccc1)c1cc(OCc2ccccc2)cc(=O)[nH]1. The van der Waals surface area contributed by atoms with Crippen LogP contribution in [0.15, 0.2) is 77.6 Å². The maximum absolute atomic E-state index is 12.3. The molecule has 0 radical (unpaired) electrons. The molecule has 1 heterocycles. The molecular weight excluding hydrogens is 366 g/mol. The van der Waals surface area contributed by atoms with E-state index in [4.69, 9.17) is 9.47 Å². The van der Waals surface area contributed by atoms with E-state index in [1.807, 2.05) is 74.5 Å². The molecule has 5 heteroatoms. The average Bonchev–Trinajstić information content (AvgIpc) is 2.71. The highest BCUT2D eigenvalue weighted by Gasteiger charge is 2.21. The number of carbonyl (C=O) groups is 1. The largest absolute Gasteiger partial charge is 0.489 e. The summed E-state index contributed by atoms with van der Waals surface area (Å²) in [5, 5.41) is 0. The van der Waals surface area contributed by atoms with Gasteiger partial charge >= 0.3 is 5.97 Å². The molecule has 0 spiro atoms. The summed E-state index contributed by atoms with van der Waals surface area (Å²) in [5.74, 6) is 0.289. The van der Waals surface area contributed by atoms with Gasteiger partial charge in [-0.2, -0.15) is 0 Å². The van der Waals surface area contributed by atoms with Gasteiger partial charge in [0.25, 0.3) is 5.56 Å². The Morgan fingerprint density at radius 2 is 1.62 bits per heavy atom. The molecule has 0 saturated carbocycles. The Kier molecular flexibility index (Phi) is 6.85. The first-order valence-electron chi connectivity index (χ1n) is 9.66. The third kappa shape index (κ3) is 6.07. The Labute approximate surface area is 170 Å². The molecule has 0 aliphatic carbocycles. The maximum atomic E-state index is 12.3. The molecule has 150 valence electrons. The van der Waals surface area contributed by atoms with Gasteiger partial charge in [-0.1, -0.05) is 74.5 Å². The third-order valence-corrected chi connectivity index (χ3v) is 4.30. The first kappa shape index (κ1) is 20.4. The molecule has 5 nitrogen and oxygen atoms in total. The molecule has 1 unspecified atom stereocenters. The van der Waals surface area contributed by atoms with Crippen molar-refractivity contribution in [2.75, 3.05) is 0 Å². The summed E-state index contributed by atoms with van der Waals surface area (Å²) in [6, 6.07) is 22.2. The van der Waals surface area contributed by atoms with Crippen LogP contribution in [0.2, 0.25) is 0 Å². The van der Waals surface area contributed by atoms with E-state index in [0.717, 1.165) is 11.1 Å². The van der Waals surface area contributed by atoms with Crippen molar-refractivity contribution in [3.05, 3.63) is 100.0 Å². The van der Waals surface area contributed by atoms with Gasteiger partial charge in [0.2, 0.25) is 0 Å². The van der Waals surface area contributed by atoms with Crippen molar-refractivity contribution in [3.63, 3.8) is 0 Å². The molecule has 0 fully saturated rings. The van der Waals surface area contributed by atoms with E-state index >= 15 is 0 Å². The molecule has 0 saturated heterocycles. The van der Waals surface area contributed by atoms with Gasteiger partial charge in [0, 0.05) is 18.6 Å². The van der Waals surface area contributed by atoms with Crippen LogP contribution in [-0.2, 0) is 16.1 Å². The van der Waals surface area contributed by atoms with Crippen molar-refractivity contribution in [2.24, 2.45) is 5.92 Å². The molecule has 1 aromatic heterocycles. The fraction of sp³-hybridized carbons (Fsp3) is 0.250. The number of benzene rings is 2. The lowest BCUT2D eigenvalue weighted by Crippen LogP contribution is -2.18. The highest BCUT2D eigenvalue weighted by Crippen LogP contribution is 2.27. The molecule has 0 amide bonds. The van der Waals surface area contributed by atoms with Crippen molar-refractivity contribution in [1.29, 1.82) is 0 Å². The van der Waals surface area contributed by atoms with Gasteiger partial charge in [0.1, 0.15) is 12.4 Å². The number of nitrogens with one attached hydrogen (secondary N) is 1. The van der Waals surface area contributed by atoms with Crippen molar-refractivity contribution < 1.29 is 14.3 Å². The number of hydrogen-bond donors (Lipinski definition) is 1. The van der Waals surface area contributed by atoms with E-state index in [-0.39, 0.29) is 17.4 Å².